The zero-order chi connectivity index (χ0) is 13.5. The first-order chi connectivity index (χ1) is 8.49. The van der Waals surface area contributed by atoms with Gasteiger partial charge in [0.25, 0.3) is 0 Å². The van der Waals surface area contributed by atoms with Crippen molar-refractivity contribution in [2.24, 2.45) is 0 Å². The highest BCUT2D eigenvalue weighted by molar-refractivity contribution is 9.10. The third kappa shape index (κ3) is 5.51. The molecule has 0 spiro atoms. The molecule has 0 atom stereocenters. The summed E-state index contributed by atoms with van der Waals surface area (Å²) < 4.78 is 6.57. The molecule has 5 heteroatoms. The van der Waals surface area contributed by atoms with E-state index in [-0.39, 0.29) is 12.6 Å². The second kappa shape index (κ2) is 7.38. The molecule has 0 saturated carbocycles. The molecule has 0 aliphatic carbocycles. The van der Waals surface area contributed by atoms with E-state index in [1.54, 1.807) is 0 Å². The molecule has 0 heterocycles. The lowest BCUT2D eigenvalue weighted by Gasteiger charge is -2.24. The van der Waals surface area contributed by atoms with Crippen LogP contribution in [-0.2, 0) is 4.79 Å². The topological polar surface area (TPSA) is 49.8 Å². The number of halogens is 1. The van der Waals surface area contributed by atoms with Crippen molar-refractivity contribution in [2.45, 2.75) is 19.9 Å². The van der Waals surface area contributed by atoms with Gasteiger partial charge in [-0.15, -0.1) is 0 Å². The van der Waals surface area contributed by atoms with Gasteiger partial charge in [0.1, 0.15) is 12.4 Å². The Morgan fingerprint density at radius 2 is 2.00 bits per heavy atom. The highest BCUT2D eigenvalue weighted by Crippen LogP contribution is 2.16. The molecule has 0 bridgehead atoms. The highest BCUT2D eigenvalue weighted by atomic mass is 79.9. The van der Waals surface area contributed by atoms with Crippen LogP contribution >= 0.6 is 15.9 Å². The van der Waals surface area contributed by atoms with Gasteiger partial charge in [-0.3, -0.25) is 9.69 Å². The molecule has 0 unspecified atom stereocenters. The fourth-order valence-electron chi connectivity index (χ4n) is 1.51. The second-order valence-electron chi connectivity index (χ2n) is 4.26. The van der Waals surface area contributed by atoms with Crippen molar-refractivity contribution >= 4 is 21.9 Å². The molecular weight excluding hydrogens is 298 g/mol. The van der Waals surface area contributed by atoms with Crippen LogP contribution in [-0.4, -0.2) is 41.7 Å². The number of benzene rings is 1. The molecule has 1 aromatic rings. The van der Waals surface area contributed by atoms with E-state index in [9.17, 15) is 4.79 Å². The monoisotopic (exact) mass is 315 g/mol. The quantitative estimate of drug-likeness (QED) is 0.840. The Balaban J connectivity index is 2.38. The van der Waals surface area contributed by atoms with Crippen molar-refractivity contribution in [1.29, 1.82) is 0 Å². The normalized spacial score (nSPS) is 10.9. The largest absolute Gasteiger partial charge is 0.492 e. The molecule has 4 nitrogen and oxygen atoms in total. The summed E-state index contributed by atoms with van der Waals surface area (Å²) in [6.07, 6.45) is 0. The summed E-state index contributed by atoms with van der Waals surface area (Å²) in [4.78, 5) is 12.6. The molecular formula is C13H18BrNO3. The van der Waals surface area contributed by atoms with E-state index in [0.717, 1.165) is 10.2 Å². The van der Waals surface area contributed by atoms with Gasteiger partial charge in [-0.1, -0.05) is 15.9 Å². The number of carboxylic acid groups (broad SMARTS) is 1. The van der Waals surface area contributed by atoms with Gasteiger partial charge in [-0.2, -0.15) is 0 Å². The molecule has 0 radical (unpaired) electrons. The van der Waals surface area contributed by atoms with Crippen LogP contribution in [0.1, 0.15) is 13.8 Å². The van der Waals surface area contributed by atoms with E-state index in [1.807, 2.05) is 43.0 Å². The number of rotatable bonds is 7. The molecule has 0 saturated heterocycles. The van der Waals surface area contributed by atoms with Crippen LogP contribution in [0.15, 0.2) is 28.7 Å². The van der Waals surface area contributed by atoms with Crippen molar-refractivity contribution in [3.8, 4) is 5.75 Å². The van der Waals surface area contributed by atoms with Crippen molar-refractivity contribution < 1.29 is 14.6 Å². The van der Waals surface area contributed by atoms with Crippen LogP contribution in [0.25, 0.3) is 0 Å². The van der Waals surface area contributed by atoms with E-state index in [0.29, 0.717) is 13.2 Å². The summed E-state index contributed by atoms with van der Waals surface area (Å²) in [6, 6.07) is 7.76. The number of carboxylic acids is 1. The maximum Gasteiger partial charge on any atom is 0.317 e. The molecule has 0 aliphatic rings. The van der Waals surface area contributed by atoms with Crippen LogP contribution in [0.4, 0.5) is 0 Å². The first kappa shape index (κ1) is 15.0. The minimum absolute atomic E-state index is 0.0430. The van der Waals surface area contributed by atoms with Crippen LogP contribution < -0.4 is 4.74 Å². The third-order valence-electron chi connectivity index (χ3n) is 2.53. The van der Waals surface area contributed by atoms with E-state index in [1.165, 1.54) is 0 Å². The van der Waals surface area contributed by atoms with Gasteiger partial charge in [0.15, 0.2) is 0 Å². The van der Waals surface area contributed by atoms with Crippen LogP contribution in [0, 0.1) is 0 Å². The smallest absolute Gasteiger partial charge is 0.317 e. The van der Waals surface area contributed by atoms with Crippen molar-refractivity contribution in [3.05, 3.63) is 28.7 Å². The zero-order valence-electron chi connectivity index (χ0n) is 10.6. The van der Waals surface area contributed by atoms with Crippen molar-refractivity contribution in [3.63, 3.8) is 0 Å². The number of hydrogen-bond acceptors (Lipinski definition) is 3. The average molecular weight is 316 g/mol. The molecule has 0 aromatic heterocycles. The molecule has 0 fully saturated rings. The Labute approximate surface area is 116 Å². The summed E-state index contributed by atoms with van der Waals surface area (Å²) in [6.45, 7) is 5.07. The van der Waals surface area contributed by atoms with Gasteiger partial charge >= 0.3 is 5.97 Å². The molecule has 1 aromatic carbocycles. The van der Waals surface area contributed by atoms with Gasteiger partial charge in [0.2, 0.25) is 0 Å². The van der Waals surface area contributed by atoms with E-state index in [2.05, 4.69) is 15.9 Å². The van der Waals surface area contributed by atoms with Crippen molar-refractivity contribution in [2.75, 3.05) is 19.7 Å². The lowest BCUT2D eigenvalue weighted by molar-refractivity contribution is -0.138. The minimum Gasteiger partial charge on any atom is -0.492 e. The minimum atomic E-state index is -0.813. The van der Waals surface area contributed by atoms with Crippen LogP contribution in [0.3, 0.4) is 0 Å². The SMILES string of the molecule is CC(C)N(CCOc1ccc(Br)cc1)CC(=O)O. The molecule has 0 amide bonds. The molecule has 100 valence electrons. The maximum atomic E-state index is 10.7. The Kier molecular flexibility index (Phi) is 6.15. The number of ether oxygens (including phenoxy) is 1. The Morgan fingerprint density at radius 1 is 1.39 bits per heavy atom. The van der Waals surface area contributed by atoms with Crippen molar-refractivity contribution in [1.82, 2.24) is 4.90 Å². The van der Waals surface area contributed by atoms with Gasteiger partial charge in [-0.05, 0) is 38.1 Å². The van der Waals surface area contributed by atoms with Gasteiger partial charge < -0.3 is 9.84 Å². The lowest BCUT2D eigenvalue weighted by Crippen LogP contribution is -2.38. The zero-order valence-corrected chi connectivity index (χ0v) is 12.2. The van der Waals surface area contributed by atoms with E-state index in [4.69, 9.17) is 9.84 Å². The van der Waals surface area contributed by atoms with Crippen LogP contribution in [0.5, 0.6) is 5.75 Å². The number of carbonyl (C=O) groups is 1. The summed E-state index contributed by atoms with van der Waals surface area (Å²) in [5.74, 6) is -0.0235. The molecule has 1 N–H and O–H groups in total. The summed E-state index contributed by atoms with van der Waals surface area (Å²) in [5.41, 5.74) is 0. The Hall–Kier alpha value is -1.07. The third-order valence-corrected chi connectivity index (χ3v) is 3.06. The molecule has 1 rings (SSSR count). The van der Waals surface area contributed by atoms with Crippen LogP contribution in [0.2, 0.25) is 0 Å². The highest BCUT2D eigenvalue weighted by Gasteiger charge is 2.12. The van der Waals surface area contributed by atoms with E-state index >= 15 is 0 Å². The number of hydrogen-bond donors (Lipinski definition) is 1. The van der Waals surface area contributed by atoms with Gasteiger partial charge in [0, 0.05) is 17.1 Å². The summed E-state index contributed by atoms with van der Waals surface area (Å²) in [7, 11) is 0. The predicted molar refractivity (Wildman–Crippen MR) is 74.0 cm³/mol. The molecule has 0 aliphatic heterocycles. The fourth-order valence-corrected chi connectivity index (χ4v) is 1.77. The van der Waals surface area contributed by atoms with Gasteiger partial charge in [-0.25, -0.2) is 0 Å². The summed E-state index contributed by atoms with van der Waals surface area (Å²) >= 11 is 3.35. The second-order valence-corrected chi connectivity index (χ2v) is 5.18. The Morgan fingerprint density at radius 3 is 2.50 bits per heavy atom. The first-order valence-corrected chi connectivity index (χ1v) is 6.62. The summed E-state index contributed by atoms with van der Waals surface area (Å²) in [5, 5.41) is 8.79. The fraction of sp³-hybridized carbons (Fsp3) is 0.462. The first-order valence-electron chi connectivity index (χ1n) is 5.83. The lowest BCUT2D eigenvalue weighted by atomic mass is 10.3. The predicted octanol–water partition coefficient (Wildman–Crippen LogP) is 2.62. The Bertz CT molecular complexity index is 378. The van der Waals surface area contributed by atoms with Gasteiger partial charge in [0.05, 0.1) is 6.54 Å². The van der Waals surface area contributed by atoms with E-state index < -0.39 is 5.97 Å². The number of nitrogens with zero attached hydrogens (tertiary/aromatic N) is 1. The standard InChI is InChI=1S/C13H18BrNO3/c1-10(2)15(9-13(16)17)7-8-18-12-5-3-11(14)4-6-12/h3-6,10H,7-9H2,1-2H3,(H,16,17). The maximum absolute atomic E-state index is 10.7. The average Bonchev–Trinajstić information content (AvgIpc) is 2.29. The molecule has 18 heavy (non-hydrogen) atoms. The number of aliphatic carboxylic acids is 1.